The quantitative estimate of drug-likeness (QED) is 0.923. The molecule has 1 aromatic carbocycles. The lowest BCUT2D eigenvalue weighted by atomic mass is 10.1. The van der Waals surface area contributed by atoms with Crippen molar-refractivity contribution < 1.29 is 14.3 Å². The fraction of sp³-hybridized carbons (Fsp3) is 0.529. The van der Waals surface area contributed by atoms with Crippen LogP contribution in [0.2, 0.25) is 0 Å². The maximum absolute atomic E-state index is 12.0. The normalized spacial score (nSPS) is 15.5. The monoisotopic (exact) mass is 304 g/mol. The smallest absolute Gasteiger partial charge is 0.258 e. The predicted octanol–water partition coefficient (Wildman–Crippen LogP) is 1.81. The maximum atomic E-state index is 12.0. The Morgan fingerprint density at radius 3 is 2.59 bits per heavy atom. The number of nitrogens with one attached hydrogen (secondary N) is 1. The molecule has 0 radical (unpaired) electrons. The van der Waals surface area contributed by atoms with Gasteiger partial charge in [-0.2, -0.15) is 0 Å². The van der Waals surface area contributed by atoms with E-state index >= 15 is 0 Å². The van der Waals surface area contributed by atoms with Crippen molar-refractivity contribution in [3.05, 3.63) is 29.3 Å². The molecule has 2 rings (SSSR count). The summed E-state index contributed by atoms with van der Waals surface area (Å²) in [6, 6.07) is 6.07. The second-order valence-corrected chi connectivity index (χ2v) is 5.91. The van der Waals surface area contributed by atoms with Crippen molar-refractivity contribution in [2.45, 2.75) is 39.7 Å². The molecule has 22 heavy (non-hydrogen) atoms. The first-order valence-corrected chi connectivity index (χ1v) is 7.70. The van der Waals surface area contributed by atoms with Gasteiger partial charge in [-0.25, -0.2) is 0 Å². The van der Waals surface area contributed by atoms with E-state index in [-0.39, 0.29) is 24.5 Å². The van der Waals surface area contributed by atoms with E-state index in [2.05, 4.69) is 5.32 Å². The van der Waals surface area contributed by atoms with Crippen molar-refractivity contribution in [3.8, 4) is 5.75 Å². The maximum Gasteiger partial charge on any atom is 0.258 e. The molecule has 0 aromatic heterocycles. The van der Waals surface area contributed by atoms with E-state index in [0.29, 0.717) is 13.1 Å². The minimum absolute atomic E-state index is 0.0250. The average molecular weight is 304 g/mol. The summed E-state index contributed by atoms with van der Waals surface area (Å²) in [5, 5.41) is 2.98. The molecule has 2 amide bonds. The standard InChI is InChI=1S/C17H24N2O3/c1-12-4-5-13(2)16(10-12)22-11-17(21)18-15-6-8-19(9-7-15)14(3)20/h4-5,10,15H,6-9,11H2,1-3H3,(H,18,21). The van der Waals surface area contributed by atoms with Crippen molar-refractivity contribution in [1.82, 2.24) is 10.2 Å². The number of piperidine rings is 1. The second-order valence-electron chi connectivity index (χ2n) is 5.91. The van der Waals surface area contributed by atoms with Gasteiger partial charge in [-0.15, -0.1) is 0 Å². The van der Waals surface area contributed by atoms with Gasteiger partial charge in [0.1, 0.15) is 5.75 Å². The zero-order chi connectivity index (χ0) is 16.1. The largest absolute Gasteiger partial charge is 0.483 e. The van der Waals surface area contributed by atoms with Crippen LogP contribution in [-0.4, -0.2) is 42.5 Å². The number of rotatable bonds is 4. The third kappa shape index (κ3) is 4.48. The van der Waals surface area contributed by atoms with Gasteiger partial charge >= 0.3 is 0 Å². The molecule has 1 heterocycles. The highest BCUT2D eigenvalue weighted by Gasteiger charge is 2.22. The molecule has 120 valence electrons. The molecule has 0 atom stereocenters. The van der Waals surface area contributed by atoms with Crippen LogP contribution in [0, 0.1) is 13.8 Å². The van der Waals surface area contributed by atoms with Gasteiger partial charge < -0.3 is 15.0 Å². The summed E-state index contributed by atoms with van der Waals surface area (Å²) in [6.07, 6.45) is 1.60. The van der Waals surface area contributed by atoms with Gasteiger partial charge in [-0.3, -0.25) is 9.59 Å². The Morgan fingerprint density at radius 2 is 1.95 bits per heavy atom. The van der Waals surface area contributed by atoms with Crippen LogP contribution < -0.4 is 10.1 Å². The first-order valence-electron chi connectivity index (χ1n) is 7.70. The van der Waals surface area contributed by atoms with Crippen LogP contribution in [0.25, 0.3) is 0 Å². The number of hydrogen-bond donors (Lipinski definition) is 1. The minimum atomic E-state index is -0.109. The van der Waals surface area contributed by atoms with Crippen molar-refractivity contribution in [3.63, 3.8) is 0 Å². The molecular formula is C17H24N2O3. The summed E-state index contributed by atoms with van der Waals surface area (Å²) in [7, 11) is 0. The third-order valence-corrected chi connectivity index (χ3v) is 4.01. The molecule has 1 aliphatic heterocycles. The molecule has 1 aromatic rings. The number of hydrogen-bond acceptors (Lipinski definition) is 3. The molecule has 0 unspecified atom stereocenters. The van der Waals surface area contributed by atoms with Gasteiger partial charge in [-0.1, -0.05) is 12.1 Å². The molecule has 1 fully saturated rings. The topological polar surface area (TPSA) is 58.6 Å². The number of aryl methyl sites for hydroxylation is 2. The van der Waals surface area contributed by atoms with Crippen molar-refractivity contribution in [2.24, 2.45) is 0 Å². The zero-order valence-electron chi connectivity index (χ0n) is 13.5. The number of likely N-dealkylation sites (tertiary alicyclic amines) is 1. The number of benzene rings is 1. The molecule has 1 N–H and O–H groups in total. The lowest BCUT2D eigenvalue weighted by Crippen LogP contribution is -2.47. The van der Waals surface area contributed by atoms with E-state index < -0.39 is 0 Å². The van der Waals surface area contributed by atoms with Crippen LogP contribution in [0.5, 0.6) is 5.75 Å². The summed E-state index contributed by atoms with van der Waals surface area (Å²) < 4.78 is 5.60. The molecule has 0 bridgehead atoms. The molecule has 1 aliphatic rings. The molecule has 0 aliphatic carbocycles. The number of carbonyl (C=O) groups is 2. The fourth-order valence-corrected chi connectivity index (χ4v) is 2.61. The highest BCUT2D eigenvalue weighted by molar-refractivity contribution is 5.78. The SMILES string of the molecule is CC(=O)N1CCC(NC(=O)COc2cc(C)ccc2C)CC1. The van der Waals surface area contributed by atoms with E-state index in [9.17, 15) is 9.59 Å². The molecule has 5 nitrogen and oxygen atoms in total. The number of nitrogens with zero attached hydrogens (tertiary/aromatic N) is 1. The van der Waals surface area contributed by atoms with Gasteiger partial charge in [0.05, 0.1) is 0 Å². The lowest BCUT2D eigenvalue weighted by molar-refractivity contribution is -0.130. The number of carbonyl (C=O) groups excluding carboxylic acids is 2. The van der Waals surface area contributed by atoms with E-state index in [1.807, 2.05) is 36.9 Å². The minimum Gasteiger partial charge on any atom is -0.483 e. The molecular weight excluding hydrogens is 280 g/mol. The fourth-order valence-electron chi connectivity index (χ4n) is 2.61. The highest BCUT2D eigenvalue weighted by Crippen LogP contribution is 2.19. The van der Waals surface area contributed by atoms with Crippen LogP contribution in [0.15, 0.2) is 18.2 Å². The Balaban J connectivity index is 1.77. The van der Waals surface area contributed by atoms with Crippen molar-refractivity contribution in [2.75, 3.05) is 19.7 Å². The second kappa shape index (κ2) is 7.29. The summed E-state index contributed by atoms with van der Waals surface area (Å²) in [5.74, 6) is 0.742. The van der Waals surface area contributed by atoms with Crippen LogP contribution in [0.4, 0.5) is 0 Å². The molecule has 5 heteroatoms. The Hall–Kier alpha value is -2.04. The Labute approximate surface area is 131 Å². The van der Waals surface area contributed by atoms with Gasteiger partial charge in [0.2, 0.25) is 5.91 Å². The van der Waals surface area contributed by atoms with E-state index in [1.54, 1.807) is 6.92 Å². The number of ether oxygens (including phenoxy) is 1. The first kappa shape index (κ1) is 16.3. The van der Waals surface area contributed by atoms with Gasteiger partial charge in [0.15, 0.2) is 6.61 Å². The van der Waals surface area contributed by atoms with Crippen LogP contribution in [-0.2, 0) is 9.59 Å². The predicted molar refractivity (Wildman–Crippen MR) is 84.8 cm³/mol. The number of amides is 2. The van der Waals surface area contributed by atoms with Crippen molar-refractivity contribution in [1.29, 1.82) is 0 Å². The summed E-state index contributed by atoms with van der Waals surface area (Å²) in [5.41, 5.74) is 2.13. The van der Waals surface area contributed by atoms with Crippen LogP contribution in [0.1, 0.15) is 30.9 Å². The summed E-state index contributed by atoms with van der Waals surface area (Å²) >= 11 is 0. The van der Waals surface area contributed by atoms with Crippen LogP contribution in [0.3, 0.4) is 0 Å². The summed E-state index contributed by atoms with van der Waals surface area (Å²) in [6.45, 7) is 6.98. The Kier molecular flexibility index (Phi) is 5.41. The van der Waals surface area contributed by atoms with Gasteiger partial charge in [-0.05, 0) is 43.9 Å². The van der Waals surface area contributed by atoms with Gasteiger partial charge in [0, 0.05) is 26.1 Å². The third-order valence-electron chi connectivity index (χ3n) is 4.01. The zero-order valence-corrected chi connectivity index (χ0v) is 13.5. The van der Waals surface area contributed by atoms with Gasteiger partial charge in [0.25, 0.3) is 5.91 Å². The van der Waals surface area contributed by atoms with Crippen molar-refractivity contribution >= 4 is 11.8 Å². The molecule has 0 spiro atoms. The average Bonchev–Trinajstić information content (AvgIpc) is 2.49. The lowest BCUT2D eigenvalue weighted by Gasteiger charge is -2.31. The Morgan fingerprint density at radius 1 is 1.27 bits per heavy atom. The first-order chi connectivity index (χ1) is 10.5. The highest BCUT2D eigenvalue weighted by atomic mass is 16.5. The van der Waals surface area contributed by atoms with Crippen LogP contribution >= 0.6 is 0 Å². The molecule has 1 saturated heterocycles. The van der Waals surface area contributed by atoms with E-state index in [4.69, 9.17) is 4.74 Å². The van der Waals surface area contributed by atoms with E-state index in [0.717, 1.165) is 29.7 Å². The van der Waals surface area contributed by atoms with E-state index in [1.165, 1.54) is 0 Å². The molecule has 0 saturated carbocycles. The Bertz CT molecular complexity index is 549. The summed E-state index contributed by atoms with van der Waals surface area (Å²) in [4.78, 5) is 25.1.